The molecule has 1 aromatic heterocycles. The molecular formula is C19H24N4O2. The van der Waals surface area contributed by atoms with Crippen LogP contribution < -0.4 is 5.32 Å². The first-order chi connectivity index (χ1) is 12.2. The molecule has 2 amide bonds. The minimum absolute atomic E-state index is 0.0610. The fraction of sp³-hybridized carbons (Fsp3) is 0.421. The van der Waals surface area contributed by atoms with Gasteiger partial charge in [-0.3, -0.25) is 14.9 Å². The summed E-state index contributed by atoms with van der Waals surface area (Å²) < 4.78 is 1.92. The van der Waals surface area contributed by atoms with Crippen LogP contribution in [0.25, 0.3) is 0 Å². The summed E-state index contributed by atoms with van der Waals surface area (Å²) in [4.78, 5) is 30.6. The van der Waals surface area contributed by atoms with Gasteiger partial charge in [-0.15, -0.1) is 0 Å². The van der Waals surface area contributed by atoms with Gasteiger partial charge in [0.25, 0.3) is 0 Å². The second-order valence-corrected chi connectivity index (χ2v) is 6.39. The smallest absolute Gasteiger partial charge is 0.231 e. The number of carbonyl (C=O) groups is 2. The van der Waals surface area contributed by atoms with Gasteiger partial charge in [0.15, 0.2) is 0 Å². The molecule has 2 aromatic rings. The molecule has 0 bridgehead atoms. The van der Waals surface area contributed by atoms with Gasteiger partial charge in [-0.25, -0.2) is 4.98 Å². The lowest BCUT2D eigenvalue weighted by Gasteiger charge is -2.31. The number of carbonyl (C=O) groups excluding carboxylic acids is 2. The van der Waals surface area contributed by atoms with Gasteiger partial charge in [0.1, 0.15) is 0 Å². The third kappa shape index (κ3) is 4.26. The van der Waals surface area contributed by atoms with Crippen LogP contribution in [-0.2, 0) is 16.1 Å². The van der Waals surface area contributed by atoms with Crippen molar-refractivity contribution in [3.05, 3.63) is 48.3 Å². The summed E-state index contributed by atoms with van der Waals surface area (Å²) in [6, 6.07) is 10.0. The molecule has 25 heavy (non-hydrogen) atoms. The quantitative estimate of drug-likeness (QED) is 0.909. The largest absolute Gasteiger partial charge is 0.342 e. The van der Waals surface area contributed by atoms with Crippen molar-refractivity contribution in [3.63, 3.8) is 0 Å². The zero-order valence-electron chi connectivity index (χ0n) is 14.5. The van der Waals surface area contributed by atoms with Gasteiger partial charge >= 0.3 is 0 Å². The lowest BCUT2D eigenvalue weighted by Crippen LogP contribution is -2.43. The van der Waals surface area contributed by atoms with Gasteiger partial charge in [0, 0.05) is 31.9 Å². The molecule has 0 saturated carbocycles. The van der Waals surface area contributed by atoms with E-state index in [1.807, 2.05) is 48.0 Å². The van der Waals surface area contributed by atoms with Crippen LogP contribution in [0.1, 0.15) is 31.7 Å². The van der Waals surface area contributed by atoms with E-state index < -0.39 is 0 Å². The Balaban J connectivity index is 1.63. The number of amides is 2. The molecular weight excluding hydrogens is 316 g/mol. The molecule has 1 aliphatic rings. The van der Waals surface area contributed by atoms with Crippen molar-refractivity contribution in [1.29, 1.82) is 0 Å². The molecule has 1 aliphatic heterocycles. The molecule has 1 N–H and O–H groups in total. The molecule has 1 unspecified atom stereocenters. The van der Waals surface area contributed by atoms with Crippen molar-refractivity contribution in [3.8, 4) is 0 Å². The van der Waals surface area contributed by atoms with Gasteiger partial charge in [-0.05, 0) is 18.4 Å². The molecule has 0 aliphatic carbocycles. The number of aromatic nitrogens is 2. The maximum atomic E-state index is 12.6. The number of likely N-dealkylation sites (tertiary alicyclic amines) is 1. The molecule has 1 atom stereocenters. The Morgan fingerprint density at radius 1 is 1.28 bits per heavy atom. The Bertz CT molecular complexity index is 726. The number of hydrogen-bond acceptors (Lipinski definition) is 3. The number of benzene rings is 1. The van der Waals surface area contributed by atoms with E-state index in [9.17, 15) is 9.59 Å². The van der Waals surface area contributed by atoms with E-state index in [1.165, 1.54) is 0 Å². The number of nitrogens with zero attached hydrogens (tertiary/aromatic N) is 3. The average Bonchev–Trinajstić information content (AvgIpc) is 3.08. The summed E-state index contributed by atoms with van der Waals surface area (Å²) in [5, 5.41) is 2.93. The molecule has 6 nitrogen and oxygen atoms in total. The Kier molecular flexibility index (Phi) is 5.48. The topological polar surface area (TPSA) is 67.2 Å². The summed E-state index contributed by atoms with van der Waals surface area (Å²) in [5.41, 5.74) is 1.15. The van der Waals surface area contributed by atoms with Crippen molar-refractivity contribution in [2.45, 2.75) is 32.7 Å². The predicted octanol–water partition coefficient (Wildman–Crippen LogP) is 2.52. The number of rotatable bonds is 5. The SMILES string of the molecule is CCC(=O)N1CCCC(C(=O)Nc2nccn2Cc2ccccc2)C1. The van der Waals surface area contributed by atoms with Gasteiger partial charge < -0.3 is 9.47 Å². The Morgan fingerprint density at radius 3 is 2.84 bits per heavy atom. The molecule has 0 radical (unpaired) electrons. The first-order valence-electron chi connectivity index (χ1n) is 8.81. The monoisotopic (exact) mass is 340 g/mol. The number of nitrogens with one attached hydrogen (secondary N) is 1. The van der Waals surface area contributed by atoms with E-state index in [-0.39, 0.29) is 17.7 Å². The van der Waals surface area contributed by atoms with E-state index in [0.717, 1.165) is 24.9 Å². The maximum absolute atomic E-state index is 12.6. The van der Waals surface area contributed by atoms with Crippen LogP contribution in [0.3, 0.4) is 0 Å². The van der Waals surface area contributed by atoms with Crippen molar-refractivity contribution in [1.82, 2.24) is 14.5 Å². The molecule has 1 fully saturated rings. The number of imidazole rings is 1. The normalized spacial score (nSPS) is 17.3. The minimum Gasteiger partial charge on any atom is -0.342 e. The molecule has 3 rings (SSSR count). The van der Waals surface area contributed by atoms with E-state index in [2.05, 4.69) is 10.3 Å². The zero-order chi connectivity index (χ0) is 17.6. The highest BCUT2D eigenvalue weighted by molar-refractivity contribution is 5.91. The minimum atomic E-state index is -0.175. The number of hydrogen-bond donors (Lipinski definition) is 1. The summed E-state index contributed by atoms with van der Waals surface area (Å²) in [6.07, 6.45) is 5.69. The molecule has 1 aromatic carbocycles. The lowest BCUT2D eigenvalue weighted by molar-refractivity contribution is -0.134. The van der Waals surface area contributed by atoms with Gasteiger partial charge in [0.2, 0.25) is 17.8 Å². The Labute approximate surface area is 147 Å². The molecule has 132 valence electrons. The summed E-state index contributed by atoms with van der Waals surface area (Å²) in [7, 11) is 0. The van der Waals surface area contributed by atoms with E-state index in [0.29, 0.717) is 25.5 Å². The summed E-state index contributed by atoms with van der Waals surface area (Å²) in [6.45, 7) is 3.75. The van der Waals surface area contributed by atoms with E-state index in [4.69, 9.17) is 0 Å². The van der Waals surface area contributed by atoms with E-state index in [1.54, 1.807) is 11.1 Å². The van der Waals surface area contributed by atoms with Crippen LogP contribution >= 0.6 is 0 Å². The van der Waals surface area contributed by atoms with Crippen LogP contribution in [0.5, 0.6) is 0 Å². The molecule has 0 spiro atoms. The second-order valence-electron chi connectivity index (χ2n) is 6.39. The first kappa shape index (κ1) is 17.2. The van der Waals surface area contributed by atoms with Crippen LogP contribution in [0.4, 0.5) is 5.95 Å². The van der Waals surface area contributed by atoms with Gasteiger partial charge in [0.05, 0.1) is 12.5 Å². The summed E-state index contributed by atoms with van der Waals surface area (Å²) >= 11 is 0. The standard InChI is InChI=1S/C19H24N4O2/c1-2-17(24)22-11-6-9-16(14-22)18(25)21-19-20-10-12-23(19)13-15-7-4-3-5-8-15/h3-5,7-8,10,12,16H,2,6,9,11,13-14H2,1H3,(H,20,21,25). The van der Waals surface area contributed by atoms with Crippen molar-refractivity contribution >= 4 is 17.8 Å². The van der Waals surface area contributed by atoms with Crippen LogP contribution in [0.2, 0.25) is 0 Å². The van der Waals surface area contributed by atoms with Crippen molar-refractivity contribution < 1.29 is 9.59 Å². The van der Waals surface area contributed by atoms with Crippen molar-refractivity contribution in [2.24, 2.45) is 5.92 Å². The molecule has 1 saturated heterocycles. The predicted molar refractivity (Wildman–Crippen MR) is 96.0 cm³/mol. The Hall–Kier alpha value is -2.63. The van der Waals surface area contributed by atoms with Crippen LogP contribution in [-0.4, -0.2) is 39.4 Å². The number of anilines is 1. The van der Waals surface area contributed by atoms with Gasteiger partial charge in [-0.2, -0.15) is 0 Å². The molecule has 6 heteroatoms. The fourth-order valence-electron chi connectivity index (χ4n) is 3.19. The Morgan fingerprint density at radius 2 is 2.08 bits per heavy atom. The first-order valence-corrected chi connectivity index (χ1v) is 8.81. The fourth-order valence-corrected chi connectivity index (χ4v) is 3.19. The van der Waals surface area contributed by atoms with Crippen molar-refractivity contribution in [2.75, 3.05) is 18.4 Å². The zero-order valence-corrected chi connectivity index (χ0v) is 14.5. The maximum Gasteiger partial charge on any atom is 0.231 e. The summed E-state index contributed by atoms with van der Waals surface area (Å²) in [5.74, 6) is 0.427. The molecule has 2 heterocycles. The van der Waals surface area contributed by atoms with Crippen LogP contribution in [0.15, 0.2) is 42.7 Å². The number of piperidine rings is 1. The third-order valence-electron chi connectivity index (χ3n) is 4.59. The average molecular weight is 340 g/mol. The highest BCUT2D eigenvalue weighted by Gasteiger charge is 2.28. The highest BCUT2D eigenvalue weighted by atomic mass is 16.2. The third-order valence-corrected chi connectivity index (χ3v) is 4.59. The lowest BCUT2D eigenvalue weighted by atomic mass is 9.97. The highest BCUT2D eigenvalue weighted by Crippen LogP contribution is 2.19. The van der Waals surface area contributed by atoms with E-state index >= 15 is 0 Å². The second kappa shape index (κ2) is 7.96. The van der Waals surface area contributed by atoms with Crippen LogP contribution in [0, 0.1) is 5.92 Å². The van der Waals surface area contributed by atoms with Gasteiger partial charge in [-0.1, -0.05) is 37.3 Å².